The van der Waals surface area contributed by atoms with Crippen LogP contribution < -0.4 is 10.1 Å². The first-order valence-electron chi connectivity index (χ1n) is 9.08. The number of aromatic nitrogens is 1. The maximum Gasteiger partial charge on any atom is 0.417 e. The summed E-state index contributed by atoms with van der Waals surface area (Å²) in [7, 11) is 0. The van der Waals surface area contributed by atoms with Gasteiger partial charge in [0.1, 0.15) is 12.4 Å². The monoisotopic (exact) mass is 432 g/mol. The fraction of sp³-hybridized carbons (Fsp3) is 0.182. The number of rotatable bonds is 8. The molecule has 3 rings (SSSR count). The number of hydrogen-bond donors (Lipinski definition) is 1. The van der Waals surface area contributed by atoms with Crippen molar-refractivity contribution < 1.29 is 22.7 Å². The molecule has 1 aromatic heterocycles. The molecule has 1 N–H and O–H groups in total. The lowest BCUT2D eigenvalue weighted by atomic mass is 10.1. The molecule has 0 fully saturated rings. The number of pyridine rings is 1. The van der Waals surface area contributed by atoms with Crippen molar-refractivity contribution in [3.8, 4) is 5.75 Å². The zero-order valence-electron chi connectivity index (χ0n) is 15.9. The van der Waals surface area contributed by atoms with Gasteiger partial charge in [0, 0.05) is 12.7 Å². The molecule has 0 aliphatic heterocycles. The number of carbonyl (C=O) groups is 1. The van der Waals surface area contributed by atoms with Crippen LogP contribution in [0.5, 0.6) is 5.75 Å². The largest absolute Gasteiger partial charge is 0.489 e. The maximum absolute atomic E-state index is 12.5. The van der Waals surface area contributed by atoms with Crippen molar-refractivity contribution in [1.29, 1.82) is 0 Å². The summed E-state index contributed by atoms with van der Waals surface area (Å²) < 4.78 is 43.3. The van der Waals surface area contributed by atoms with Gasteiger partial charge in [0.05, 0.1) is 16.3 Å². The van der Waals surface area contributed by atoms with Crippen molar-refractivity contribution in [2.45, 2.75) is 24.4 Å². The average Bonchev–Trinajstić information content (AvgIpc) is 2.75. The Kier molecular flexibility index (Phi) is 7.35. The summed E-state index contributed by atoms with van der Waals surface area (Å²) in [5.41, 5.74) is 1.09. The highest BCUT2D eigenvalue weighted by Crippen LogP contribution is 2.29. The Morgan fingerprint density at radius 3 is 2.47 bits per heavy atom. The molecule has 1 amide bonds. The van der Waals surface area contributed by atoms with E-state index in [2.05, 4.69) is 10.3 Å². The van der Waals surface area contributed by atoms with Gasteiger partial charge in [0.2, 0.25) is 5.91 Å². The van der Waals surface area contributed by atoms with E-state index >= 15 is 0 Å². The van der Waals surface area contributed by atoms with Crippen LogP contribution in [0.15, 0.2) is 78.0 Å². The van der Waals surface area contributed by atoms with Crippen LogP contribution in [0.25, 0.3) is 0 Å². The van der Waals surface area contributed by atoms with Gasteiger partial charge >= 0.3 is 6.18 Å². The predicted molar refractivity (Wildman–Crippen MR) is 109 cm³/mol. The lowest BCUT2D eigenvalue weighted by Gasteiger charge is -2.09. The van der Waals surface area contributed by atoms with Crippen LogP contribution in [0.4, 0.5) is 13.2 Å². The zero-order valence-corrected chi connectivity index (χ0v) is 16.7. The van der Waals surface area contributed by atoms with E-state index in [4.69, 9.17) is 4.74 Å². The summed E-state index contributed by atoms with van der Waals surface area (Å²) in [5.74, 6) is 0.618. The minimum Gasteiger partial charge on any atom is -0.489 e. The number of nitrogens with zero attached hydrogens (tertiary/aromatic N) is 1. The maximum atomic E-state index is 12.5. The van der Waals surface area contributed by atoms with Crippen molar-refractivity contribution in [2.24, 2.45) is 0 Å². The molecular formula is C22H19F3N2O2S. The molecule has 2 aromatic carbocycles. The molecule has 0 saturated heterocycles. The highest BCUT2D eigenvalue weighted by atomic mass is 32.2. The summed E-state index contributed by atoms with van der Waals surface area (Å²) in [5, 5.41) is 3.16. The quantitative estimate of drug-likeness (QED) is 0.504. The summed E-state index contributed by atoms with van der Waals surface area (Å²) in [6, 6.07) is 19.4. The highest BCUT2D eigenvalue weighted by Gasteiger charge is 2.30. The Bertz CT molecular complexity index is 964. The zero-order chi connectivity index (χ0) is 21.4. The second-order valence-corrected chi connectivity index (χ2v) is 7.37. The molecule has 30 heavy (non-hydrogen) atoms. The van der Waals surface area contributed by atoms with Crippen LogP contribution in [0.2, 0.25) is 0 Å². The van der Waals surface area contributed by atoms with Gasteiger partial charge in [-0.15, -0.1) is 0 Å². The molecule has 0 spiro atoms. The van der Waals surface area contributed by atoms with E-state index in [-0.39, 0.29) is 11.7 Å². The Balaban J connectivity index is 1.44. The van der Waals surface area contributed by atoms with Crippen molar-refractivity contribution >= 4 is 17.7 Å². The number of halogens is 3. The smallest absolute Gasteiger partial charge is 0.417 e. The molecule has 156 valence electrons. The van der Waals surface area contributed by atoms with Gasteiger partial charge in [-0.1, -0.05) is 54.2 Å². The normalized spacial score (nSPS) is 11.2. The Morgan fingerprint density at radius 2 is 1.77 bits per heavy atom. The summed E-state index contributed by atoms with van der Waals surface area (Å²) in [4.78, 5) is 15.8. The minimum absolute atomic E-state index is 0.0647. The molecule has 0 bridgehead atoms. The Morgan fingerprint density at radius 1 is 1.00 bits per heavy atom. The molecule has 0 aliphatic carbocycles. The summed E-state index contributed by atoms with van der Waals surface area (Å²) in [6.45, 7) is 0.764. The molecule has 1 heterocycles. The van der Waals surface area contributed by atoms with Gasteiger partial charge in [-0.2, -0.15) is 13.2 Å². The topological polar surface area (TPSA) is 51.2 Å². The number of ether oxygens (including phenoxy) is 1. The molecule has 3 aromatic rings. The van der Waals surface area contributed by atoms with Crippen LogP contribution in [0.1, 0.15) is 16.7 Å². The molecule has 4 nitrogen and oxygen atoms in total. The third kappa shape index (κ3) is 6.81. The van der Waals surface area contributed by atoms with Crippen molar-refractivity contribution in [3.63, 3.8) is 0 Å². The van der Waals surface area contributed by atoms with Gasteiger partial charge in [-0.3, -0.25) is 4.79 Å². The fourth-order valence-corrected chi connectivity index (χ4v) is 3.21. The number of para-hydroxylation sites is 1. The van der Waals surface area contributed by atoms with Crippen LogP contribution in [0, 0.1) is 0 Å². The Labute approximate surface area is 176 Å². The molecular weight excluding hydrogens is 413 g/mol. The van der Waals surface area contributed by atoms with Crippen LogP contribution in [-0.2, 0) is 24.1 Å². The second kappa shape index (κ2) is 10.2. The number of benzene rings is 2. The number of hydrogen-bond acceptors (Lipinski definition) is 4. The number of nitrogens with one attached hydrogen (secondary N) is 1. The first kappa shape index (κ1) is 21.7. The molecule has 0 unspecified atom stereocenters. The van der Waals surface area contributed by atoms with E-state index in [1.807, 2.05) is 54.6 Å². The lowest BCUT2D eigenvalue weighted by molar-refractivity contribution is -0.137. The van der Waals surface area contributed by atoms with Crippen LogP contribution in [0.3, 0.4) is 0 Å². The summed E-state index contributed by atoms with van der Waals surface area (Å²) >= 11 is 1.08. The number of amides is 1. The van der Waals surface area contributed by atoms with E-state index < -0.39 is 11.7 Å². The van der Waals surface area contributed by atoms with Gasteiger partial charge in [-0.05, 0) is 35.4 Å². The van der Waals surface area contributed by atoms with E-state index in [0.717, 1.165) is 40.9 Å². The van der Waals surface area contributed by atoms with Gasteiger partial charge in [0.25, 0.3) is 0 Å². The lowest BCUT2D eigenvalue weighted by Crippen LogP contribution is -2.24. The van der Waals surface area contributed by atoms with E-state index in [9.17, 15) is 18.0 Å². The molecule has 0 radical (unpaired) electrons. The second-order valence-electron chi connectivity index (χ2n) is 6.37. The fourth-order valence-electron chi connectivity index (χ4n) is 2.54. The highest BCUT2D eigenvalue weighted by molar-refractivity contribution is 7.99. The number of thioether (sulfide) groups is 1. The molecule has 0 aliphatic rings. The third-order valence-electron chi connectivity index (χ3n) is 4.04. The third-order valence-corrected chi connectivity index (χ3v) is 4.99. The predicted octanol–water partition coefficient (Wildman–Crippen LogP) is 5.09. The standard InChI is InChI=1S/C22H19F3N2O2S/c23-22(24,25)18-9-10-21(27-13-18)30-15-20(28)26-12-16-5-4-6-17(11-16)14-29-19-7-2-1-3-8-19/h1-11,13H,12,14-15H2,(H,26,28). The van der Waals surface area contributed by atoms with Crippen molar-refractivity contribution in [3.05, 3.63) is 89.6 Å². The molecule has 0 saturated carbocycles. The van der Waals surface area contributed by atoms with Gasteiger partial charge in [-0.25, -0.2) is 4.98 Å². The van der Waals surface area contributed by atoms with Crippen LogP contribution in [-0.4, -0.2) is 16.6 Å². The van der Waals surface area contributed by atoms with Crippen molar-refractivity contribution in [2.75, 3.05) is 5.75 Å². The minimum atomic E-state index is -4.42. The van der Waals surface area contributed by atoms with E-state index in [1.54, 1.807) is 0 Å². The average molecular weight is 432 g/mol. The number of alkyl halides is 3. The first-order valence-corrected chi connectivity index (χ1v) is 10.1. The van der Waals surface area contributed by atoms with Crippen molar-refractivity contribution in [1.82, 2.24) is 10.3 Å². The van der Waals surface area contributed by atoms with Crippen LogP contribution >= 0.6 is 11.8 Å². The van der Waals surface area contributed by atoms with E-state index in [0.29, 0.717) is 18.2 Å². The summed E-state index contributed by atoms with van der Waals surface area (Å²) in [6.07, 6.45) is -3.66. The first-order chi connectivity index (χ1) is 14.4. The van der Waals surface area contributed by atoms with Gasteiger partial charge in [0.15, 0.2) is 0 Å². The number of carbonyl (C=O) groups excluding carboxylic acids is 1. The SMILES string of the molecule is O=C(CSc1ccc(C(F)(F)F)cn1)NCc1cccc(COc2ccccc2)c1. The van der Waals surface area contributed by atoms with E-state index in [1.165, 1.54) is 6.07 Å². The Hall–Kier alpha value is -3.00. The molecule has 8 heteroatoms. The van der Waals surface area contributed by atoms with Gasteiger partial charge < -0.3 is 10.1 Å². The molecule has 0 atom stereocenters.